The van der Waals surface area contributed by atoms with Gasteiger partial charge in [-0.05, 0) is 61.9 Å². The average Bonchev–Trinajstić information content (AvgIpc) is 3.21. The van der Waals surface area contributed by atoms with E-state index in [0.717, 1.165) is 31.4 Å². The fourth-order valence-corrected chi connectivity index (χ4v) is 4.41. The van der Waals surface area contributed by atoms with Crippen molar-refractivity contribution in [2.24, 2.45) is 5.92 Å². The van der Waals surface area contributed by atoms with Crippen LogP contribution in [-0.4, -0.2) is 32.8 Å². The Bertz CT molecular complexity index is 1170. The van der Waals surface area contributed by atoms with Gasteiger partial charge in [0.1, 0.15) is 17.2 Å². The zero-order chi connectivity index (χ0) is 24.5. The molecular formula is C24H27F4N5O. The minimum atomic E-state index is -4.62. The summed E-state index contributed by atoms with van der Waals surface area (Å²) in [6.07, 6.45) is -0.225. The largest absolute Gasteiger partial charge is 0.433 e. The highest BCUT2D eigenvalue weighted by Crippen LogP contribution is 2.34. The molecule has 6 nitrogen and oxygen atoms in total. The van der Waals surface area contributed by atoms with Crippen molar-refractivity contribution in [1.82, 2.24) is 20.1 Å². The van der Waals surface area contributed by atoms with Gasteiger partial charge in [0.15, 0.2) is 0 Å². The summed E-state index contributed by atoms with van der Waals surface area (Å²) in [6.45, 7) is 4.71. The van der Waals surface area contributed by atoms with E-state index < -0.39 is 17.7 Å². The van der Waals surface area contributed by atoms with Crippen LogP contribution in [-0.2, 0) is 12.7 Å². The highest BCUT2D eigenvalue weighted by molar-refractivity contribution is 5.93. The molecule has 0 unspecified atom stereocenters. The van der Waals surface area contributed by atoms with Gasteiger partial charge in [0.05, 0.1) is 5.52 Å². The first-order chi connectivity index (χ1) is 16.1. The zero-order valence-corrected chi connectivity index (χ0v) is 19.0. The van der Waals surface area contributed by atoms with Gasteiger partial charge in [-0.2, -0.15) is 18.3 Å². The fraction of sp³-hybridized carbons (Fsp3) is 0.458. The third-order valence-corrected chi connectivity index (χ3v) is 5.92. The lowest BCUT2D eigenvalue weighted by Crippen LogP contribution is -2.42. The molecule has 2 N–H and O–H groups in total. The normalized spacial score (nSPS) is 18.9. The molecule has 3 aromatic rings. The highest BCUT2D eigenvalue weighted by atomic mass is 19.4. The van der Waals surface area contributed by atoms with Crippen LogP contribution in [0.2, 0.25) is 0 Å². The van der Waals surface area contributed by atoms with Crippen molar-refractivity contribution in [1.29, 1.82) is 0 Å². The number of hydrogen-bond donors (Lipinski definition) is 2. The van der Waals surface area contributed by atoms with Crippen LogP contribution in [0.3, 0.4) is 0 Å². The smallest absolute Gasteiger partial charge is 0.382 e. The summed E-state index contributed by atoms with van der Waals surface area (Å²) in [4.78, 5) is 16.5. The number of carbonyl (C=O) groups is 1. The lowest BCUT2D eigenvalue weighted by molar-refractivity contribution is -0.140. The van der Waals surface area contributed by atoms with E-state index in [4.69, 9.17) is 0 Å². The Morgan fingerprint density at radius 2 is 1.94 bits per heavy atom. The van der Waals surface area contributed by atoms with Gasteiger partial charge in [-0.15, -0.1) is 0 Å². The molecule has 182 valence electrons. The van der Waals surface area contributed by atoms with E-state index in [1.165, 1.54) is 12.1 Å². The Balaban J connectivity index is 1.51. The number of halogens is 4. The number of alkyl halides is 3. The van der Waals surface area contributed by atoms with E-state index in [9.17, 15) is 22.4 Å². The first kappa shape index (κ1) is 24.0. The summed E-state index contributed by atoms with van der Waals surface area (Å²) in [5.41, 5.74) is -0.302. The molecule has 1 saturated carbocycles. The summed E-state index contributed by atoms with van der Waals surface area (Å²) in [5.74, 6) is -0.445. The number of nitrogens with zero attached hydrogens (tertiary/aromatic N) is 3. The van der Waals surface area contributed by atoms with Crippen molar-refractivity contribution in [3.8, 4) is 0 Å². The van der Waals surface area contributed by atoms with Crippen LogP contribution >= 0.6 is 0 Å². The third kappa shape index (κ3) is 5.48. The Labute approximate surface area is 194 Å². The molecule has 1 aromatic carbocycles. The van der Waals surface area contributed by atoms with E-state index >= 15 is 0 Å². The Morgan fingerprint density at radius 3 is 2.68 bits per heavy atom. The van der Waals surface area contributed by atoms with Crippen LogP contribution < -0.4 is 10.6 Å². The predicted molar refractivity (Wildman–Crippen MR) is 121 cm³/mol. The molecule has 10 heteroatoms. The van der Waals surface area contributed by atoms with Crippen LogP contribution in [0, 0.1) is 11.7 Å². The van der Waals surface area contributed by atoms with E-state index in [0.29, 0.717) is 24.6 Å². The maximum Gasteiger partial charge on any atom is 0.433 e. The minimum absolute atomic E-state index is 0.0674. The first-order valence-electron chi connectivity index (χ1n) is 11.4. The lowest BCUT2D eigenvalue weighted by atomic mass is 9.90. The second-order valence-corrected chi connectivity index (χ2v) is 9.18. The minimum Gasteiger partial charge on any atom is -0.382 e. The van der Waals surface area contributed by atoms with Gasteiger partial charge in [0.2, 0.25) is 0 Å². The Morgan fingerprint density at radius 1 is 1.18 bits per heavy atom. The van der Waals surface area contributed by atoms with Crippen molar-refractivity contribution in [3.05, 3.63) is 53.7 Å². The summed E-state index contributed by atoms with van der Waals surface area (Å²) >= 11 is 0. The zero-order valence-electron chi connectivity index (χ0n) is 19.0. The Hall–Kier alpha value is -3.17. The number of pyridine rings is 1. The molecule has 0 radical (unpaired) electrons. The topological polar surface area (TPSA) is 71.8 Å². The Kier molecular flexibility index (Phi) is 6.77. The van der Waals surface area contributed by atoms with Crippen molar-refractivity contribution in [2.45, 2.75) is 64.3 Å². The van der Waals surface area contributed by atoms with Crippen LogP contribution in [0.1, 0.15) is 55.7 Å². The lowest BCUT2D eigenvalue weighted by Gasteiger charge is -2.31. The second kappa shape index (κ2) is 9.60. The van der Waals surface area contributed by atoms with Crippen LogP contribution in [0.25, 0.3) is 10.9 Å². The number of amides is 1. The number of rotatable bonds is 6. The third-order valence-electron chi connectivity index (χ3n) is 5.92. The second-order valence-electron chi connectivity index (χ2n) is 9.18. The monoisotopic (exact) mass is 477 g/mol. The van der Waals surface area contributed by atoms with Crippen LogP contribution in [0.4, 0.5) is 23.2 Å². The molecule has 0 bridgehead atoms. The van der Waals surface area contributed by atoms with Crippen LogP contribution in [0.5, 0.6) is 0 Å². The van der Waals surface area contributed by atoms with Crippen molar-refractivity contribution in [2.75, 3.05) is 5.32 Å². The van der Waals surface area contributed by atoms with Gasteiger partial charge < -0.3 is 10.6 Å². The number of fused-ring (bicyclic) bond motifs is 1. The molecule has 1 aliphatic carbocycles. The fourth-order valence-electron chi connectivity index (χ4n) is 4.41. The van der Waals surface area contributed by atoms with Gasteiger partial charge >= 0.3 is 6.18 Å². The van der Waals surface area contributed by atoms with E-state index in [1.54, 1.807) is 16.9 Å². The molecule has 0 saturated heterocycles. The number of benzene rings is 1. The molecule has 2 atom stereocenters. The first-order valence-corrected chi connectivity index (χ1v) is 11.4. The summed E-state index contributed by atoms with van der Waals surface area (Å²) in [7, 11) is 0. The quantitative estimate of drug-likeness (QED) is 0.467. The van der Waals surface area contributed by atoms with Gasteiger partial charge in [-0.3, -0.25) is 9.48 Å². The van der Waals surface area contributed by atoms with E-state index in [1.807, 2.05) is 13.8 Å². The maximum absolute atomic E-state index is 13.8. The molecular weight excluding hydrogens is 450 g/mol. The SMILES string of the molecule is CC(C)Cn1nccc1C(=O)N[C@@H]1CCC[C@H](Nc2cc(C(F)(F)F)nc3ccc(F)cc23)C1. The highest BCUT2D eigenvalue weighted by Gasteiger charge is 2.34. The number of aromatic nitrogens is 3. The van der Waals surface area contributed by atoms with Crippen molar-refractivity contribution in [3.63, 3.8) is 0 Å². The predicted octanol–water partition coefficient (Wildman–Crippen LogP) is 5.40. The van der Waals surface area contributed by atoms with Crippen molar-refractivity contribution >= 4 is 22.5 Å². The number of anilines is 1. The van der Waals surface area contributed by atoms with Gasteiger partial charge in [0.25, 0.3) is 5.91 Å². The molecule has 2 heterocycles. The van der Waals surface area contributed by atoms with Gasteiger partial charge in [-0.25, -0.2) is 9.37 Å². The number of nitrogens with one attached hydrogen (secondary N) is 2. The van der Waals surface area contributed by atoms with Crippen LogP contribution in [0.15, 0.2) is 36.5 Å². The number of carbonyl (C=O) groups excluding carboxylic acids is 1. The van der Waals surface area contributed by atoms with Gasteiger partial charge in [-0.1, -0.05) is 13.8 Å². The average molecular weight is 478 g/mol. The number of hydrogen-bond acceptors (Lipinski definition) is 4. The molecule has 1 aliphatic rings. The summed E-state index contributed by atoms with van der Waals surface area (Å²) in [5, 5.41) is 10.7. The maximum atomic E-state index is 13.8. The molecule has 34 heavy (non-hydrogen) atoms. The summed E-state index contributed by atoms with van der Waals surface area (Å²) < 4.78 is 55.7. The molecule has 1 amide bonds. The molecule has 4 rings (SSSR count). The van der Waals surface area contributed by atoms with Crippen molar-refractivity contribution < 1.29 is 22.4 Å². The molecule has 0 spiro atoms. The standard InChI is InChI=1S/C24H27F4N5O/c1-14(2)13-33-21(8-9-29-33)23(34)31-17-5-3-4-16(11-17)30-20-12-22(24(26,27)28)32-19-7-6-15(25)10-18(19)20/h6-10,12,14,16-17H,3-5,11,13H2,1-2H3,(H,30,32)(H,31,34)/t16-,17+/m0/s1. The summed E-state index contributed by atoms with van der Waals surface area (Å²) in [6, 6.07) is 5.79. The van der Waals surface area contributed by atoms with E-state index in [-0.39, 0.29) is 34.6 Å². The molecule has 2 aromatic heterocycles. The van der Waals surface area contributed by atoms with E-state index in [2.05, 4.69) is 20.7 Å². The van der Waals surface area contributed by atoms with Gasteiger partial charge in [0, 0.05) is 35.9 Å². The molecule has 1 fully saturated rings. The molecule has 0 aliphatic heterocycles.